The van der Waals surface area contributed by atoms with Gasteiger partial charge in [-0.05, 0) is 49.8 Å². The zero-order chi connectivity index (χ0) is 13.1. The van der Waals surface area contributed by atoms with Gasteiger partial charge in [0.25, 0.3) is 0 Å². The normalized spacial score (nSPS) is 29.1. The molecule has 2 heterocycles. The average Bonchev–Trinajstić information content (AvgIpc) is 2.88. The van der Waals surface area contributed by atoms with Crippen molar-refractivity contribution in [3.8, 4) is 0 Å². The van der Waals surface area contributed by atoms with Gasteiger partial charge in [-0.1, -0.05) is 37.3 Å². The Kier molecular flexibility index (Phi) is 4.19. The Morgan fingerprint density at radius 1 is 1.26 bits per heavy atom. The lowest BCUT2D eigenvalue weighted by Gasteiger charge is -2.24. The van der Waals surface area contributed by atoms with E-state index in [9.17, 15) is 0 Å². The molecule has 3 atom stereocenters. The van der Waals surface area contributed by atoms with E-state index in [4.69, 9.17) is 0 Å². The van der Waals surface area contributed by atoms with Gasteiger partial charge in [0.1, 0.15) is 0 Å². The van der Waals surface area contributed by atoms with E-state index in [0.29, 0.717) is 5.92 Å². The average molecular weight is 258 g/mol. The summed E-state index contributed by atoms with van der Waals surface area (Å²) in [6, 6.07) is 11.7. The number of fused-ring (bicyclic) bond motifs is 1. The first-order chi connectivity index (χ1) is 9.33. The molecule has 1 N–H and O–H groups in total. The zero-order valence-electron chi connectivity index (χ0n) is 12.0. The van der Waals surface area contributed by atoms with Crippen molar-refractivity contribution in [2.24, 2.45) is 5.92 Å². The molecule has 104 valence electrons. The van der Waals surface area contributed by atoms with E-state index in [-0.39, 0.29) is 0 Å². The van der Waals surface area contributed by atoms with E-state index in [1.54, 1.807) is 0 Å². The molecule has 0 bridgehead atoms. The van der Waals surface area contributed by atoms with E-state index < -0.39 is 0 Å². The van der Waals surface area contributed by atoms with Crippen LogP contribution in [-0.2, 0) is 0 Å². The highest BCUT2D eigenvalue weighted by Crippen LogP contribution is 2.26. The van der Waals surface area contributed by atoms with E-state index in [1.165, 1.54) is 51.0 Å². The standard InChI is InChI=1S/C17H26N2/c1-14(15-6-3-2-4-7-15)9-11-19-12-16-8-5-10-18-17(16)13-19/h2-4,6-7,14,16-18H,5,8-13H2,1H3/t14?,16-,17+/m0/s1. The summed E-state index contributed by atoms with van der Waals surface area (Å²) in [4.78, 5) is 2.67. The Balaban J connectivity index is 1.48. The largest absolute Gasteiger partial charge is 0.312 e. The van der Waals surface area contributed by atoms with Crippen LogP contribution in [0.3, 0.4) is 0 Å². The van der Waals surface area contributed by atoms with Gasteiger partial charge in [0.05, 0.1) is 0 Å². The van der Waals surface area contributed by atoms with Crippen molar-refractivity contribution in [1.29, 1.82) is 0 Å². The predicted octanol–water partition coefficient (Wildman–Crippen LogP) is 2.86. The van der Waals surface area contributed by atoms with Crippen molar-refractivity contribution in [2.45, 2.75) is 38.1 Å². The molecule has 3 rings (SSSR count). The summed E-state index contributed by atoms with van der Waals surface area (Å²) in [5.74, 6) is 1.59. The maximum absolute atomic E-state index is 3.69. The summed E-state index contributed by atoms with van der Waals surface area (Å²) >= 11 is 0. The molecule has 0 aromatic heterocycles. The van der Waals surface area contributed by atoms with Crippen LogP contribution < -0.4 is 5.32 Å². The number of hydrogen-bond acceptors (Lipinski definition) is 2. The fraction of sp³-hybridized carbons (Fsp3) is 0.647. The summed E-state index contributed by atoms with van der Waals surface area (Å²) in [6.45, 7) is 7.43. The quantitative estimate of drug-likeness (QED) is 0.893. The van der Waals surface area contributed by atoms with Crippen LogP contribution in [0.4, 0.5) is 0 Å². The Labute approximate surface area is 117 Å². The Morgan fingerprint density at radius 3 is 2.89 bits per heavy atom. The van der Waals surface area contributed by atoms with Gasteiger partial charge in [0.15, 0.2) is 0 Å². The molecular weight excluding hydrogens is 232 g/mol. The molecular formula is C17H26N2. The van der Waals surface area contributed by atoms with Crippen LogP contribution in [0.5, 0.6) is 0 Å². The molecule has 2 aliphatic rings. The molecule has 19 heavy (non-hydrogen) atoms. The molecule has 1 aromatic rings. The maximum atomic E-state index is 3.69. The third-order valence-corrected chi connectivity index (χ3v) is 4.92. The molecule has 1 unspecified atom stereocenters. The second kappa shape index (κ2) is 6.06. The third kappa shape index (κ3) is 3.18. The Bertz CT molecular complexity index is 376. The number of rotatable bonds is 4. The SMILES string of the molecule is CC(CCN1C[C@@H]2CCCN[C@@H]2C1)c1ccccc1. The highest BCUT2D eigenvalue weighted by atomic mass is 15.2. The second-order valence-electron chi connectivity index (χ2n) is 6.32. The van der Waals surface area contributed by atoms with Gasteiger partial charge in [0, 0.05) is 19.1 Å². The van der Waals surface area contributed by atoms with Gasteiger partial charge in [-0.3, -0.25) is 0 Å². The number of benzene rings is 1. The van der Waals surface area contributed by atoms with Gasteiger partial charge in [-0.15, -0.1) is 0 Å². The van der Waals surface area contributed by atoms with Crippen molar-refractivity contribution >= 4 is 0 Å². The van der Waals surface area contributed by atoms with Gasteiger partial charge >= 0.3 is 0 Å². The topological polar surface area (TPSA) is 15.3 Å². The molecule has 2 fully saturated rings. The lowest BCUT2D eigenvalue weighted by Crippen LogP contribution is -2.40. The Hall–Kier alpha value is -0.860. The van der Waals surface area contributed by atoms with Gasteiger partial charge < -0.3 is 10.2 Å². The summed E-state index contributed by atoms with van der Waals surface area (Å²) < 4.78 is 0. The molecule has 1 aromatic carbocycles. The zero-order valence-corrected chi connectivity index (χ0v) is 12.0. The number of nitrogens with one attached hydrogen (secondary N) is 1. The van der Waals surface area contributed by atoms with E-state index in [0.717, 1.165) is 12.0 Å². The minimum atomic E-state index is 0.678. The molecule has 2 saturated heterocycles. The first-order valence-corrected chi connectivity index (χ1v) is 7.83. The van der Waals surface area contributed by atoms with Crippen LogP contribution in [0.15, 0.2) is 30.3 Å². The summed E-state index contributed by atoms with van der Waals surface area (Å²) in [7, 11) is 0. The van der Waals surface area contributed by atoms with Crippen molar-refractivity contribution in [1.82, 2.24) is 10.2 Å². The van der Waals surface area contributed by atoms with Crippen LogP contribution >= 0.6 is 0 Å². The van der Waals surface area contributed by atoms with Gasteiger partial charge in [0.2, 0.25) is 0 Å². The summed E-state index contributed by atoms with van der Waals surface area (Å²) in [6.07, 6.45) is 4.08. The highest BCUT2D eigenvalue weighted by Gasteiger charge is 2.33. The van der Waals surface area contributed by atoms with Crippen molar-refractivity contribution in [2.75, 3.05) is 26.2 Å². The maximum Gasteiger partial charge on any atom is 0.0235 e. The van der Waals surface area contributed by atoms with E-state index >= 15 is 0 Å². The van der Waals surface area contributed by atoms with E-state index in [1.807, 2.05) is 0 Å². The van der Waals surface area contributed by atoms with Crippen molar-refractivity contribution in [3.63, 3.8) is 0 Å². The van der Waals surface area contributed by atoms with E-state index in [2.05, 4.69) is 47.5 Å². The Morgan fingerprint density at radius 2 is 2.11 bits per heavy atom. The number of nitrogens with zero attached hydrogens (tertiary/aromatic N) is 1. The van der Waals surface area contributed by atoms with Gasteiger partial charge in [-0.25, -0.2) is 0 Å². The monoisotopic (exact) mass is 258 g/mol. The second-order valence-corrected chi connectivity index (χ2v) is 6.32. The minimum Gasteiger partial charge on any atom is -0.312 e. The highest BCUT2D eigenvalue weighted by molar-refractivity contribution is 5.18. The predicted molar refractivity (Wildman–Crippen MR) is 80.4 cm³/mol. The van der Waals surface area contributed by atoms with Crippen LogP contribution in [0.1, 0.15) is 37.7 Å². The molecule has 0 saturated carbocycles. The van der Waals surface area contributed by atoms with Gasteiger partial charge in [-0.2, -0.15) is 0 Å². The van der Waals surface area contributed by atoms with Crippen LogP contribution in [0.25, 0.3) is 0 Å². The lowest BCUT2D eigenvalue weighted by molar-refractivity contribution is 0.308. The first kappa shape index (κ1) is 13.1. The van der Waals surface area contributed by atoms with Crippen LogP contribution in [-0.4, -0.2) is 37.1 Å². The van der Waals surface area contributed by atoms with Crippen molar-refractivity contribution < 1.29 is 0 Å². The third-order valence-electron chi connectivity index (χ3n) is 4.92. The fourth-order valence-corrected chi connectivity index (χ4v) is 3.64. The molecule has 0 aliphatic carbocycles. The molecule has 2 aliphatic heterocycles. The lowest BCUT2D eigenvalue weighted by atomic mass is 9.94. The smallest absolute Gasteiger partial charge is 0.0235 e. The number of likely N-dealkylation sites (tertiary alicyclic amines) is 1. The van der Waals surface area contributed by atoms with Crippen LogP contribution in [0.2, 0.25) is 0 Å². The number of piperidine rings is 1. The fourth-order valence-electron chi connectivity index (χ4n) is 3.64. The number of hydrogen-bond donors (Lipinski definition) is 1. The molecule has 2 nitrogen and oxygen atoms in total. The minimum absolute atomic E-state index is 0.678. The first-order valence-electron chi connectivity index (χ1n) is 7.83. The molecule has 0 amide bonds. The van der Waals surface area contributed by atoms with Crippen LogP contribution in [0, 0.1) is 5.92 Å². The summed E-state index contributed by atoms with van der Waals surface area (Å²) in [5, 5.41) is 3.69. The molecule has 0 spiro atoms. The molecule has 0 radical (unpaired) electrons. The van der Waals surface area contributed by atoms with Crippen molar-refractivity contribution in [3.05, 3.63) is 35.9 Å². The molecule has 2 heteroatoms. The summed E-state index contributed by atoms with van der Waals surface area (Å²) in [5.41, 5.74) is 1.48.